The monoisotopic (exact) mass is 537 g/mol. The molecule has 2 heterocycles. The normalized spacial score (nSPS) is 17.4. The Hall–Kier alpha value is -4.59. The number of carbonyl (C=O) groups is 1. The van der Waals surface area contributed by atoms with Crippen LogP contribution in [0.2, 0.25) is 0 Å². The number of carboxylic acids is 1. The first-order valence-corrected chi connectivity index (χ1v) is 12.2. The Bertz CT molecular complexity index is 1460. The van der Waals surface area contributed by atoms with Crippen molar-refractivity contribution in [3.8, 4) is 0 Å². The van der Waals surface area contributed by atoms with Crippen molar-refractivity contribution in [1.82, 2.24) is 4.90 Å². The molecule has 2 aliphatic heterocycles. The van der Waals surface area contributed by atoms with E-state index in [1.807, 2.05) is 4.90 Å². The first kappa shape index (κ1) is 26.0. The van der Waals surface area contributed by atoms with Crippen LogP contribution in [0.5, 0.6) is 0 Å². The van der Waals surface area contributed by atoms with Gasteiger partial charge in [-0.15, -0.1) is 0 Å². The van der Waals surface area contributed by atoms with Crippen LogP contribution < -0.4 is 9.80 Å². The number of alkyl halides is 3. The Morgan fingerprint density at radius 3 is 2.31 bits per heavy atom. The topological polar surface area (TPSA) is 63.7 Å². The minimum atomic E-state index is -4.59. The SMILES string of the molecule is [C-]#[N+]c1ccc2c(c1)N=C(N1CCN(c3ccc(F)cc3)CC1)N(c1cccc(C(F)(F)F)c1)C2CC(=O)O. The summed E-state index contributed by atoms with van der Waals surface area (Å²) in [6.45, 7) is 9.29. The summed E-state index contributed by atoms with van der Waals surface area (Å²) in [5.74, 6) is -1.15. The zero-order valence-corrected chi connectivity index (χ0v) is 20.6. The molecule has 1 unspecified atom stereocenters. The second-order valence-electron chi connectivity index (χ2n) is 9.25. The van der Waals surface area contributed by atoms with Crippen molar-refractivity contribution in [2.45, 2.75) is 18.6 Å². The van der Waals surface area contributed by atoms with Crippen molar-refractivity contribution >= 4 is 34.7 Å². The van der Waals surface area contributed by atoms with Crippen LogP contribution in [0.25, 0.3) is 4.85 Å². The Balaban J connectivity index is 1.57. The number of guanidine groups is 1. The maximum Gasteiger partial charge on any atom is 0.416 e. The third kappa shape index (κ3) is 5.36. The van der Waals surface area contributed by atoms with Crippen LogP contribution in [0.15, 0.2) is 71.7 Å². The minimum Gasteiger partial charge on any atom is -0.481 e. The molecule has 0 aromatic heterocycles. The maximum absolute atomic E-state index is 13.6. The fourth-order valence-corrected chi connectivity index (χ4v) is 4.95. The standard InChI is InChI=1S/C28H23F4N5O2/c1-33-20-7-10-23-24(16-20)34-27(36-13-11-35(12-14-36)21-8-5-19(29)6-9-21)37(25(23)17-26(38)39)22-4-2-3-18(15-22)28(30,31)32/h2-10,15-16,25H,11-14,17H2,(H,38,39). The molecule has 0 spiro atoms. The lowest BCUT2D eigenvalue weighted by atomic mass is 9.96. The van der Waals surface area contributed by atoms with Gasteiger partial charge in [0.25, 0.3) is 0 Å². The molecule has 11 heteroatoms. The summed E-state index contributed by atoms with van der Waals surface area (Å²) in [6, 6.07) is 14.8. The lowest BCUT2D eigenvalue weighted by Crippen LogP contribution is -2.55. The van der Waals surface area contributed by atoms with E-state index < -0.39 is 30.2 Å². The van der Waals surface area contributed by atoms with Gasteiger partial charge in [0.1, 0.15) is 5.82 Å². The van der Waals surface area contributed by atoms with E-state index in [1.54, 1.807) is 35.2 Å². The van der Waals surface area contributed by atoms with Gasteiger partial charge in [-0.2, -0.15) is 13.2 Å². The molecule has 1 saturated heterocycles. The van der Waals surface area contributed by atoms with Gasteiger partial charge < -0.3 is 19.8 Å². The number of hydrogen-bond acceptors (Lipinski definition) is 5. The molecule has 0 saturated carbocycles. The third-order valence-corrected chi connectivity index (χ3v) is 6.82. The summed E-state index contributed by atoms with van der Waals surface area (Å²) >= 11 is 0. The molecule has 1 fully saturated rings. The highest BCUT2D eigenvalue weighted by Crippen LogP contribution is 2.43. The molecule has 1 atom stereocenters. The average molecular weight is 538 g/mol. The van der Waals surface area contributed by atoms with Crippen molar-refractivity contribution in [1.29, 1.82) is 0 Å². The fourth-order valence-electron chi connectivity index (χ4n) is 4.95. The molecule has 200 valence electrons. The van der Waals surface area contributed by atoms with Gasteiger partial charge in [-0.3, -0.25) is 4.79 Å². The Morgan fingerprint density at radius 2 is 1.67 bits per heavy atom. The zero-order valence-electron chi connectivity index (χ0n) is 20.6. The molecule has 7 nitrogen and oxygen atoms in total. The van der Waals surface area contributed by atoms with Crippen molar-refractivity contribution in [3.63, 3.8) is 0 Å². The Kier molecular flexibility index (Phi) is 6.87. The molecule has 2 aliphatic rings. The van der Waals surface area contributed by atoms with Gasteiger partial charge in [0.15, 0.2) is 5.69 Å². The average Bonchev–Trinajstić information content (AvgIpc) is 2.92. The number of carboxylic acid groups (broad SMARTS) is 1. The summed E-state index contributed by atoms with van der Waals surface area (Å²) < 4.78 is 54.3. The number of piperazine rings is 1. The second kappa shape index (κ2) is 10.3. The van der Waals surface area contributed by atoms with E-state index in [-0.39, 0.29) is 11.5 Å². The predicted molar refractivity (Wildman–Crippen MR) is 139 cm³/mol. The highest BCUT2D eigenvalue weighted by molar-refractivity contribution is 6.01. The number of benzene rings is 3. The molecule has 0 aliphatic carbocycles. The predicted octanol–water partition coefficient (Wildman–Crippen LogP) is 6.24. The summed E-state index contributed by atoms with van der Waals surface area (Å²) in [5, 5.41) is 9.78. The number of halogens is 4. The number of aliphatic carboxylic acids is 1. The lowest BCUT2D eigenvalue weighted by Gasteiger charge is -2.45. The van der Waals surface area contributed by atoms with Gasteiger partial charge in [0.05, 0.1) is 30.3 Å². The number of rotatable bonds is 4. The lowest BCUT2D eigenvalue weighted by molar-refractivity contribution is -0.138. The first-order valence-electron chi connectivity index (χ1n) is 12.2. The van der Waals surface area contributed by atoms with Crippen LogP contribution in [-0.2, 0) is 11.0 Å². The Labute approximate surface area is 222 Å². The first-order chi connectivity index (χ1) is 18.6. The summed E-state index contributed by atoms with van der Waals surface area (Å²) in [4.78, 5) is 25.7. The number of aliphatic imine (C=N–C) groups is 1. The molecule has 5 rings (SSSR count). The number of fused-ring (bicyclic) bond motifs is 1. The molecule has 0 amide bonds. The molecule has 1 N–H and O–H groups in total. The van der Waals surface area contributed by atoms with Crippen LogP contribution in [0.4, 0.5) is 40.3 Å². The molecular formula is C28H23F4N5O2. The zero-order chi connectivity index (χ0) is 27.7. The van der Waals surface area contributed by atoms with E-state index in [4.69, 9.17) is 11.6 Å². The van der Waals surface area contributed by atoms with Gasteiger partial charge in [0.2, 0.25) is 5.96 Å². The van der Waals surface area contributed by atoms with E-state index >= 15 is 0 Å². The summed E-state index contributed by atoms with van der Waals surface area (Å²) in [5.41, 5.74) is 1.39. The van der Waals surface area contributed by atoms with Gasteiger partial charge >= 0.3 is 12.1 Å². The van der Waals surface area contributed by atoms with E-state index in [9.17, 15) is 27.5 Å². The molecule has 0 radical (unpaired) electrons. The van der Waals surface area contributed by atoms with Gasteiger partial charge in [-0.1, -0.05) is 18.2 Å². The van der Waals surface area contributed by atoms with Gasteiger partial charge in [-0.05, 0) is 54.1 Å². The molecule has 0 bridgehead atoms. The van der Waals surface area contributed by atoms with Crippen molar-refractivity contribution in [3.05, 3.63) is 95.1 Å². The minimum absolute atomic E-state index is 0.163. The quantitative estimate of drug-likeness (QED) is 0.315. The van der Waals surface area contributed by atoms with Crippen LogP contribution in [-0.4, -0.2) is 48.1 Å². The van der Waals surface area contributed by atoms with Crippen molar-refractivity contribution in [2.24, 2.45) is 4.99 Å². The van der Waals surface area contributed by atoms with E-state index in [0.717, 1.165) is 17.8 Å². The van der Waals surface area contributed by atoms with Gasteiger partial charge in [-0.25, -0.2) is 14.2 Å². The Morgan fingerprint density at radius 1 is 0.974 bits per heavy atom. The van der Waals surface area contributed by atoms with E-state index in [0.29, 0.717) is 49.1 Å². The molecular weight excluding hydrogens is 514 g/mol. The third-order valence-electron chi connectivity index (χ3n) is 6.82. The summed E-state index contributed by atoms with van der Waals surface area (Å²) in [7, 11) is 0. The van der Waals surface area contributed by atoms with Crippen molar-refractivity contribution in [2.75, 3.05) is 36.0 Å². The molecule has 3 aromatic rings. The molecule has 39 heavy (non-hydrogen) atoms. The second-order valence-corrected chi connectivity index (χ2v) is 9.25. The van der Waals surface area contributed by atoms with Crippen LogP contribution in [0, 0.1) is 12.4 Å². The molecule has 3 aromatic carbocycles. The van der Waals surface area contributed by atoms with E-state index in [1.165, 1.54) is 24.3 Å². The largest absolute Gasteiger partial charge is 0.481 e. The maximum atomic E-state index is 13.6. The van der Waals surface area contributed by atoms with Crippen LogP contribution >= 0.6 is 0 Å². The van der Waals surface area contributed by atoms with Gasteiger partial charge in [0, 0.05) is 37.6 Å². The van der Waals surface area contributed by atoms with Crippen LogP contribution in [0.1, 0.15) is 23.6 Å². The highest BCUT2D eigenvalue weighted by atomic mass is 19.4. The van der Waals surface area contributed by atoms with Crippen LogP contribution in [0.3, 0.4) is 0 Å². The number of anilines is 2. The highest BCUT2D eigenvalue weighted by Gasteiger charge is 2.38. The fraction of sp³-hybridized carbons (Fsp3) is 0.250. The van der Waals surface area contributed by atoms with Crippen molar-refractivity contribution < 1.29 is 27.5 Å². The summed E-state index contributed by atoms with van der Waals surface area (Å²) in [6.07, 6.45) is -4.98. The number of hydrogen-bond donors (Lipinski definition) is 1. The smallest absolute Gasteiger partial charge is 0.416 e. The number of nitrogens with zero attached hydrogens (tertiary/aromatic N) is 5. The van der Waals surface area contributed by atoms with E-state index in [2.05, 4.69) is 9.74 Å².